The van der Waals surface area contributed by atoms with Crippen molar-refractivity contribution in [1.29, 1.82) is 0 Å². The van der Waals surface area contributed by atoms with E-state index in [-0.39, 0.29) is 5.91 Å². The van der Waals surface area contributed by atoms with Crippen LogP contribution in [-0.4, -0.2) is 35.9 Å². The van der Waals surface area contributed by atoms with Gasteiger partial charge >= 0.3 is 0 Å². The van der Waals surface area contributed by atoms with Crippen LogP contribution in [0, 0.1) is 6.92 Å². The number of carbonyl (C=O) groups is 1. The molecule has 176 valence electrons. The monoisotopic (exact) mass is 458 g/mol. The molecule has 1 aromatic heterocycles. The van der Waals surface area contributed by atoms with Crippen LogP contribution in [0.25, 0.3) is 11.3 Å². The number of rotatable bonds is 6. The van der Waals surface area contributed by atoms with Crippen molar-refractivity contribution in [1.82, 2.24) is 15.5 Å². The Morgan fingerprint density at radius 3 is 2.74 bits per heavy atom. The van der Waals surface area contributed by atoms with Crippen molar-refractivity contribution in [2.75, 3.05) is 25.1 Å². The molecule has 7 nitrogen and oxygen atoms in total. The van der Waals surface area contributed by atoms with Crippen molar-refractivity contribution >= 4 is 11.6 Å². The quantitative estimate of drug-likeness (QED) is 0.562. The van der Waals surface area contributed by atoms with Crippen molar-refractivity contribution in [2.24, 2.45) is 0 Å². The molecule has 2 aromatic carbocycles. The van der Waals surface area contributed by atoms with Gasteiger partial charge in [0.15, 0.2) is 0 Å². The Bertz CT molecular complexity index is 1200. The molecular formula is C27H30N4O3. The highest BCUT2D eigenvalue weighted by Gasteiger charge is 2.23. The summed E-state index contributed by atoms with van der Waals surface area (Å²) >= 11 is 0. The van der Waals surface area contributed by atoms with Crippen LogP contribution in [0.2, 0.25) is 0 Å². The van der Waals surface area contributed by atoms with Crippen molar-refractivity contribution in [2.45, 2.75) is 45.7 Å². The number of hydrogen-bond donors (Lipinski definition) is 2. The lowest BCUT2D eigenvalue weighted by atomic mass is 9.91. The second-order valence-corrected chi connectivity index (χ2v) is 8.88. The third-order valence-electron chi connectivity index (χ3n) is 6.60. The van der Waals surface area contributed by atoms with Gasteiger partial charge in [0.05, 0.1) is 12.3 Å². The molecular weight excluding hydrogens is 428 g/mol. The summed E-state index contributed by atoms with van der Waals surface area (Å²) in [5.41, 5.74) is 7.70. The third kappa shape index (κ3) is 4.67. The Hall–Kier alpha value is -3.29. The summed E-state index contributed by atoms with van der Waals surface area (Å²) in [7, 11) is 0. The summed E-state index contributed by atoms with van der Waals surface area (Å²) in [6.07, 6.45) is 1.88. The van der Waals surface area contributed by atoms with Crippen molar-refractivity contribution in [3.8, 4) is 17.1 Å². The summed E-state index contributed by atoms with van der Waals surface area (Å²) in [5, 5.41) is 15.3. The van der Waals surface area contributed by atoms with Gasteiger partial charge in [-0.2, -0.15) is 0 Å². The number of aryl methyl sites for hydroxylation is 1. The molecule has 1 amide bonds. The zero-order valence-electron chi connectivity index (χ0n) is 19.7. The van der Waals surface area contributed by atoms with E-state index in [0.29, 0.717) is 24.0 Å². The molecule has 2 N–H and O–H groups in total. The molecule has 0 spiro atoms. The smallest absolute Gasteiger partial charge is 0.255 e. The average Bonchev–Trinajstić information content (AvgIpc) is 3.34. The van der Waals surface area contributed by atoms with Gasteiger partial charge in [-0.25, -0.2) is 0 Å². The fourth-order valence-corrected chi connectivity index (χ4v) is 4.69. The number of aromatic nitrogens is 2. The molecule has 5 rings (SSSR count). The van der Waals surface area contributed by atoms with Gasteiger partial charge in [-0.1, -0.05) is 12.1 Å². The molecule has 3 heterocycles. The van der Waals surface area contributed by atoms with Crippen LogP contribution in [0.3, 0.4) is 0 Å². The van der Waals surface area contributed by atoms with E-state index >= 15 is 0 Å². The van der Waals surface area contributed by atoms with E-state index in [9.17, 15) is 4.79 Å². The highest BCUT2D eigenvalue weighted by molar-refractivity contribution is 6.04. The molecule has 0 aliphatic carbocycles. The summed E-state index contributed by atoms with van der Waals surface area (Å²) in [6.45, 7) is 7.69. The number of ether oxygens (including phenoxy) is 2. The number of anilines is 1. The molecule has 3 aromatic rings. The standard InChI is InChI=1S/C27H30N4O3/c1-3-34-27-24(18-8-10-33-11-9-18)14-25(30-31-27)23-13-22(7-4-17(23)2)29-26(32)19-5-6-20-15-28-16-21(20)12-19/h4-7,12-14,18,28H,3,8-11,15-16H2,1-2H3,(H,29,32). The Morgan fingerprint density at radius 2 is 1.91 bits per heavy atom. The van der Waals surface area contributed by atoms with Gasteiger partial charge in [0, 0.05) is 48.7 Å². The molecule has 0 bridgehead atoms. The number of carbonyl (C=O) groups excluding carboxylic acids is 1. The van der Waals surface area contributed by atoms with Gasteiger partial charge < -0.3 is 20.1 Å². The van der Waals surface area contributed by atoms with E-state index in [2.05, 4.69) is 26.9 Å². The number of nitrogens with one attached hydrogen (secondary N) is 2. The summed E-state index contributed by atoms with van der Waals surface area (Å²) in [6, 6.07) is 13.9. The molecule has 0 unspecified atom stereocenters. The van der Waals surface area contributed by atoms with Crippen molar-refractivity contribution in [3.63, 3.8) is 0 Å². The maximum absolute atomic E-state index is 12.9. The van der Waals surface area contributed by atoms with E-state index in [1.54, 1.807) is 0 Å². The highest BCUT2D eigenvalue weighted by atomic mass is 16.5. The number of amides is 1. The van der Waals surface area contributed by atoms with Crippen LogP contribution < -0.4 is 15.4 Å². The van der Waals surface area contributed by atoms with Gasteiger partial charge in [0.25, 0.3) is 5.91 Å². The second-order valence-electron chi connectivity index (χ2n) is 8.88. The van der Waals surface area contributed by atoms with Crippen LogP contribution in [0.1, 0.15) is 58.3 Å². The van der Waals surface area contributed by atoms with Crippen LogP contribution in [-0.2, 0) is 17.8 Å². The Kier molecular flexibility index (Phi) is 6.56. The average molecular weight is 459 g/mol. The molecule has 7 heteroatoms. The van der Waals surface area contributed by atoms with E-state index < -0.39 is 0 Å². The minimum Gasteiger partial charge on any atom is -0.477 e. The Morgan fingerprint density at radius 1 is 1.09 bits per heavy atom. The van der Waals surface area contributed by atoms with Gasteiger partial charge in [-0.05, 0) is 79.6 Å². The van der Waals surface area contributed by atoms with Crippen molar-refractivity contribution in [3.05, 3.63) is 70.3 Å². The van der Waals surface area contributed by atoms with Crippen LogP contribution in [0.15, 0.2) is 42.5 Å². The van der Waals surface area contributed by atoms with Crippen molar-refractivity contribution < 1.29 is 14.3 Å². The summed E-state index contributed by atoms with van der Waals surface area (Å²) in [5.74, 6) is 0.818. The van der Waals surface area contributed by atoms with E-state index in [1.807, 2.05) is 50.2 Å². The predicted molar refractivity (Wildman–Crippen MR) is 131 cm³/mol. The minimum absolute atomic E-state index is 0.120. The molecule has 1 saturated heterocycles. The van der Waals surface area contributed by atoms with E-state index in [4.69, 9.17) is 9.47 Å². The Labute approximate surface area is 199 Å². The molecule has 2 aliphatic rings. The lowest BCUT2D eigenvalue weighted by molar-refractivity contribution is 0.0844. The predicted octanol–water partition coefficient (Wildman–Crippen LogP) is 4.60. The van der Waals surface area contributed by atoms with Crippen LogP contribution in [0.4, 0.5) is 5.69 Å². The fourth-order valence-electron chi connectivity index (χ4n) is 4.69. The number of nitrogens with zero attached hydrogens (tertiary/aromatic N) is 2. The zero-order valence-corrected chi connectivity index (χ0v) is 19.7. The van der Waals surface area contributed by atoms with E-state index in [1.165, 1.54) is 11.1 Å². The first-order valence-electron chi connectivity index (χ1n) is 12.0. The fraction of sp³-hybridized carbons (Fsp3) is 0.370. The van der Waals surface area contributed by atoms with Crippen LogP contribution in [0.5, 0.6) is 5.88 Å². The molecule has 0 radical (unpaired) electrons. The number of benzene rings is 2. The van der Waals surface area contributed by atoms with Gasteiger partial charge in [-0.3, -0.25) is 4.79 Å². The number of fused-ring (bicyclic) bond motifs is 1. The van der Waals surface area contributed by atoms with E-state index in [0.717, 1.165) is 67.2 Å². The normalized spacial score (nSPS) is 15.7. The molecule has 34 heavy (non-hydrogen) atoms. The SMILES string of the molecule is CCOc1nnc(-c2cc(NC(=O)c3ccc4c(c3)CNC4)ccc2C)cc1C1CCOCC1. The molecule has 1 fully saturated rings. The largest absolute Gasteiger partial charge is 0.477 e. The number of hydrogen-bond acceptors (Lipinski definition) is 6. The molecule has 0 saturated carbocycles. The minimum atomic E-state index is -0.120. The lowest BCUT2D eigenvalue weighted by Gasteiger charge is -2.24. The second kappa shape index (κ2) is 9.91. The van der Waals surface area contributed by atoms with Crippen LogP contribution >= 0.6 is 0 Å². The van der Waals surface area contributed by atoms with Gasteiger partial charge in [0.2, 0.25) is 5.88 Å². The molecule has 2 aliphatic heterocycles. The maximum Gasteiger partial charge on any atom is 0.255 e. The molecule has 0 atom stereocenters. The lowest BCUT2D eigenvalue weighted by Crippen LogP contribution is -2.16. The van der Waals surface area contributed by atoms with Gasteiger partial charge in [-0.15, -0.1) is 10.2 Å². The third-order valence-corrected chi connectivity index (χ3v) is 6.60. The first kappa shape index (κ1) is 22.5. The summed E-state index contributed by atoms with van der Waals surface area (Å²) < 4.78 is 11.3. The highest BCUT2D eigenvalue weighted by Crippen LogP contribution is 2.35. The topological polar surface area (TPSA) is 85.4 Å². The maximum atomic E-state index is 12.9. The first-order chi connectivity index (χ1) is 16.6. The Balaban J connectivity index is 1.42. The van der Waals surface area contributed by atoms with Gasteiger partial charge in [0.1, 0.15) is 0 Å². The summed E-state index contributed by atoms with van der Waals surface area (Å²) in [4.78, 5) is 12.9. The first-order valence-corrected chi connectivity index (χ1v) is 12.0. The zero-order chi connectivity index (χ0) is 23.5.